The Morgan fingerprint density at radius 3 is 2.78 bits per heavy atom. The number of aryl methyl sites for hydroxylation is 1. The maximum atomic E-state index is 11.6. The van der Waals surface area contributed by atoms with E-state index in [1.165, 1.54) is 0 Å². The lowest BCUT2D eigenvalue weighted by Gasteiger charge is -2.37. The highest BCUT2D eigenvalue weighted by atomic mass is 16.5. The van der Waals surface area contributed by atoms with Crippen LogP contribution in [0.5, 0.6) is 0 Å². The summed E-state index contributed by atoms with van der Waals surface area (Å²) in [5.41, 5.74) is 1.21. The van der Waals surface area contributed by atoms with Crippen molar-refractivity contribution in [3.05, 3.63) is 40.2 Å². The van der Waals surface area contributed by atoms with Crippen LogP contribution >= 0.6 is 0 Å². The number of anilines is 1. The lowest BCUT2D eigenvalue weighted by Crippen LogP contribution is -2.56. The first kappa shape index (κ1) is 15.9. The molecule has 0 amide bonds. The number of aliphatic hydroxyl groups excluding tert-OH is 3. The lowest BCUT2D eigenvalue weighted by atomic mass is 9.98. The largest absolute Gasteiger partial charge is 0.422 e. The van der Waals surface area contributed by atoms with Crippen molar-refractivity contribution < 1.29 is 24.5 Å². The van der Waals surface area contributed by atoms with Gasteiger partial charge in [0.25, 0.3) is 0 Å². The van der Waals surface area contributed by atoms with E-state index in [1.54, 1.807) is 31.2 Å². The van der Waals surface area contributed by atoms with Crippen molar-refractivity contribution in [3.63, 3.8) is 0 Å². The molecule has 1 fully saturated rings. The first-order valence-electron chi connectivity index (χ1n) is 7.39. The van der Waals surface area contributed by atoms with Gasteiger partial charge in [-0.1, -0.05) is 0 Å². The average molecular weight is 321 g/mol. The van der Waals surface area contributed by atoms with Crippen molar-refractivity contribution in [2.24, 2.45) is 0 Å². The molecule has 2 aromatic rings. The van der Waals surface area contributed by atoms with Gasteiger partial charge in [0.2, 0.25) is 0 Å². The Bertz CT molecular complexity index is 758. The number of benzene rings is 1. The van der Waals surface area contributed by atoms with Gasteiger partial charge in [0.05, 0.1) is 19.3 Å². The highest BCUT2D eigenvalue weighted by molar-refractivity contribution is 5.80. The van der Waals surface area contributed by atoms with E-state index < -0.39 is 30.0 Å². The minimum absolute atomic E-state index is 0.138. The van der Waals surface area contributed by atoms with Crippen LogP contribution in [0.15, 0.2) is 33.5 Å². The predicted octanol–water partition coefficient (Wildman–Crippen LogP) is -0.00518. The van der Waals surface area contributed by atoms with Crippen molar-refractivity contribution >= 4 is 16.7 Å². The number of hydrogen-bond acceptors (Lipinski definition) is 7. The van der Waals surface area contributed by atoms with Crippen LogP contribution < -0.4 is 10.9 Å². The van der Waals surface area contributed by atoms with E-state index in [-0.39, 0.29) is 13.2 Å². The molecule has 124 valence electrons. The van der Waals surface area contributed by atoms with E-state index in [2.05, 4.69) is 5.32 Å². The number of rotatable bonds is 3. The van der Waals surface area contributed by atoms with Gasteiger partial charge in [-0.05, 0) is 25.1 Å². The normalized spacial score (nSPS) is 28.0. The summed E-state index contributed by atoms with van der Waals surface area (Å²) < 4.78 is 10.6. The minimum atomic E-state index is -1.17. The van der Waals surface area contributed by atoms with Gasteiger partial charge in [-0.25, -0.2) is 4.79 Å². The number of ether oxygens (including phenoxy) is 1. The third-order valence-corrected chi connectivity index (χ3v) is 4.08. The van der Waals surface area contributed by atoms with Gasteiger partial charge in [0.1, 0.15) is 23.9 Å². The molecule has 7 nitrogen and oxygen atoms in total. The molecule has 0 saturated carbocycles. The van der Waals surface area contributed by atoms with Gasteiger partial charge in [0.15, 0.2) is 0 Å². The average Bonchev–Trinajstić information content (AvgIpc) is 2.53. The van der Waals surface area contributed by atoms with E-state index in [9.17, 15) is 15.0 Å². The molecule has 1 aliphatic heterocycles. The van der Waals surface area contributed by atoms with Gasteiger partial charge in [-0.15, -0.1) is 0 Å². The smallest absolute Gasteiger partial charge is 0.339 e. The number of fused-ring (bicyclic) bond motifs is 1. The lowest BCUT2D eigenvalue weighted by molar-refractivity contribution is -0.152. The quantitative estimate of drug-likeness (QED) is 0.588. The fourth-order valence-electron chi connectivity index (χ4n) is 2.69. The third kappa shape index (κ3) is 3.09. The Morgan fingerprint density at radius 1 is 1.26 bits per heavy atom. The topological polar surface area (TPSA) is 112 Å². The van der Waals surface area contributed by atoms with E-state index in [0.29, 0.717) is 16.8 Å². The zero-order valence-electron chi connectivity index (χ0n) is 12.6. The maximum Gasteiger partial charge on any atom is 0.339 e. The molecular weight excluding hydrogens is 302 g/mol. The van der Waals surface area contributed by atoms with E-state index in [0.717, 1.165) is 5.39 Å². The van der Waals surface area contributed by atoms with E-state index in [4.69, 9.17) is 14.3 Å². The Kier molecular flexibility index (Phi) is 4.36. The number of hydrogen-bond donors (Lipinski definition) is 4. The van der Waals surface area contributed by atoms with Crippen molar-refractivity contribution in [1.29, 1.82) is 0 Å². The molecule has 0 aliphatic carbocycles. The van der Waals surface area contributed by atoms with Crippen LogP contribution in [-0.2, 0) is 4.74 Å². The van der Waals surface area contributed by atoms with Crippen molar-refractivity contribution in [1.82, 2.24) is 0 Å². The molecule has 4 atom stereocenters. The van der Waals surface area contributed by atoms with Crippen LogP contribution in [0.4, 0.5) is 5.69 Å². The number of nitrogens with one attached hydrogen (secondary N) is 1. The summed E-state index contributed by atoms with van der Waals surface area (Å²) in [7, 11) is 0. The summed E-state index contributed by atoms with van der Waals surface area (Å²) in [4.78, 5) is 11.6. The highest BCUT2D eigenvalue weighted by Gasteiger charge is 2.38. The molecule has 2 unspecified atom stereocenters. The second-order valence-corrected chi connectivity index (χ2v) is 5.76. The summed E-state index contributed by atoms with van der Waals surface area (Å²) in [5, 5.41) is 32.9. The van der Waals surface area contributed by atoms with Crippen molar-refractivity contribution in [2.45, 2.75) is 31.3 Å². The van der Waals surface area contributed by atoms with Crippen LogP contribution in [0, 0.1) is 6.92 Å². The first-order chi connectivity index (χ1) is 11.0. The van der Waals surface area contributed by atoms with Gasteiger partial charge in [-0.2, -0.15) is 0 Å². The van der Waals surface area contributed by atoms with Crippen molar-refractivity contribution in [2.75, 3.05) is 18.5 Å². The van der Waals surface area contributed by atoms with Crippen LogP contribution in [0.1, 0.15) is 5.56 Å². The Morgan fingerprint density at radius 2 is 2.04 bits per heavy atom. The molecule has 2 heterocycles. The summed E-state index contributed by atoms with van der Waals surface area (Å²) in [6.07, 6.45) is -3.05. The van der Waals surface area contributed by atoms with Gasteiger partial charge < -0.3 is 29.8 Å². The fraction of sp³-hybridized carbons (Fsp3) is 0.438. The first-order valence-corrected chi connectivity index (χ1v) is 7.39. The van der Waals surface area contributed by atoms with Gasteiger partial charge in [-0.3, -0.25) is 0 Å². The van der Waals surface area contributed by atoms with E-state index >= 15 is 0 Å². The third-order valence-electron chi connectivity index (χ3n) is 4.08. The molecule has 0 radical (unpaired) electrons. The summed E-state index contributed by atoms with van der Waals surface area (Å²) in [6.45, 7) is 1.47. The molecule has 4 N–H and O–H groups in total. The van der Waals surface area contributed by atoms with Gasteiger partial charge >= 0.3 is 5.63 Å². The molecule has 7 heteroatoms. The molecule has 1 aliphatic rings. The molecular formula is C16H19NO6. The molecule has 1 aromatic carbocycles. The van der Waals surface area contributed by atoms with E-state index in [1.807, 2.05) is 0 Å². The molecule has 0 spiro atoms. The zero-order chi connectivity index (χ0) is 16.6. The second kappa shape index (κ2) is 6.29. The molecule has 0 bridgehead atoms. The Balaban J connectivity index is 1.81. The summed E-state index contributed by atoms with van der Waals surface area (Å²) in [5.74, 6) is 0. The number of aliphatic hydroxyl groups is 3. The van der Waals surface area contributed by atoms with Crippen LogP contribution in [0.2, 0.25) is 0 Å². The highest BCUT2D eigenvalue weighted by Crippen LogP contribution is 2.22. The van der Waals surface area contributed by atoms with Crippen LogP contribution in [0.25, 0.3) is 11.0 Å². The summed E-state index contributed by atoms with van der Waals surface area (Å²) >= 11 is 0. The summed E-state index contributed by atoms with van der Waals surface area (Å²) in [6, 6.07) is 6.46. The zero-order valence-corrected chi connectivity index (χ0v) is 12.6. The van der Waals surface area contributed by atoms with Gasteiger partial charge in [0, 0.05) is 22.7 Å². The molecule has 23 heavy (non-hydrogen) atoms. The SMILES string of the molecule is Cc1cc2ccc(N[C@@H]3COC(CO)[C@@H](O)C3O)cc2oc1=O. The molecule has 3 rings (SSSR count). The fourth-order valence-corrected chi connectivity index (χ4v) is 2.69. The standard InChI is InChI=1S/C16H19NO6/c1-8-4-9-2-3-10(5-12(9)23-16(8)21)17-11-7-22-13(6-18)15(20)14(11)19/h2-5,11,13-15,17-20H,6-7H2,1H3/t11-,13?,14?,15-/m1/s1. The van der Waals surface area contributed by atoms with Crippen LogP contribution in [-0.4, -0.2) is 52.9 Å². The Hall–Kier alpha value is -1.93. The minimum Gasteiger partial charge on any atom is -0.422 e. The Labute approximate surface area is 132 Å². The van der Waals surface area contributed by atoms with Crippen molar-refractivity contribution in [3.8, 4) is 0 Å². The molecule has 1 aromatic heterocycles. The van der Waals surface area contributed by atoms with Crippen LogP contribution in [0.3, 0.4) is 0 Å². The molecule has 1 saturated heterocycles. The monoisotopic (exact) mass is 321 g/mol. The second-order valence-electron chi connectivity index (χ2n) is 5.76. The predicted molar refractivity (Wildman–Crippen MR) is 83.5 cm³/mol. The maximum absolute atomic E-state index is 11.6.